The van der Waals surface area contributed by atoms with Crippen molar-refractivity contribution in [3.05, 3.63) is 47.0 Å². The van der Waals surface area contributed by atoms with Gasteiger partial charge in [0.15, 0.2) is 0 Å². The second-order valence-electron chi connectivity index (χ2n) is 11.0. The van der Waals surface area contributed by atoms with Gasteiger partial charge in [-0.1, -0.05) is 6.07 Å². The number of nitrogens with one attached hydrogen (secondary N) is 3. The summed E-state index contributed by atoms with van der Waals surface area (Å²) in [6.07, 6.45) is 4.94. The number of carbonyl (C=O) groups excluding carboxylic acids is 2. The molecule has 0 bridgehead atoms. The molecule has 0 radical (unpaired) electrons. The van der Waals surface area contributed by atoms with Gasteiger partial charge in [0, 0.05) is 63.8 Å². The van der Waals surface area contributed by atoms with Crippen molar-refractivity contribution in [2.24, 2.45) is 0 Å². The molecule has 2 atom stereocenters. The van der Waals surface area contributed by atoms with Crippen LogP contribution in [0.25, 0.3) is 0 Å². The van der Waals surface area contributed by atoms with Crippen molar-refractivity contribution in [1.82, 2.24) is 20.5 Å². The second-order valence-corrected chi connectivity index (χ2v) is 11.0. The van der Waals surface area contributed by atoms with Gasteiger partial charge < -0.3 is 36.0 Å². The van der Waals surface area contributed by atoms with Crippen molar-refractivity contribution in [2.45, 2.75) is 70.2 Å². The van der Waals surface area contributed by atoms with E-state index in [-0.39, 0.29) is 36.2 Å². The number of aliphatic hydroxyl groups is 1. The summed E-state index contributed by atoms with van der Waals surface area (Å²) < 4.78 is 0. The van der Waals surface area contributed by atoms with Crippen LogP contribution in [0.15, 0.2) is 30.3 Å². The lowest BCUT2D eigenvalue weighted by Crippen LogP contribution is -2.49. The van der Waals surface area contributed by atoms with E-state index in [9.17, 15) is 19.8 Å². The lowest BCUT2D eigenvalue weighted by atomic mass is 9.92. The number of likely N-dealkylation sites (tertiary alicyclic amines) is 1. The Morgan fingerprint density at radius 3 is 2.59 bits per heavy atom. The van der Waals surface area contributed by atoms with Crippen LogP contribution in [0.3, 0.4) is 0 Å². The Balaban J connectivity index is 1.24. The van der Waals surface area contributed by atoms with Crippen LogP contribution < -0.4 is 20.9 Å². The molecular weight excluding hydrogens is 496 g/mol. The standard InChI is InChI=1S/C29H40N6O4/c1-19(36)34-11-7-23(8-12-34)32-27-15-21(16-28(33-27)35-9-3-2-4-10-35)29(39)31-18-26(38)25-14-20-5-6-24(37)13-22(20)17-30-25/h5-6,13,15-16,23,25-26,30,37-38H,2-4,7-12,14,17-18H2,1H3,(H,31,39)(H,32,33)/t25-,26+/m0/s1. The number of aromatic nitrogens is 1. The summed E-state index contributed by atoms with van der Waals surface area (Å²) in [5, 5.41) is 30.3. The van der Waals surface area contributed by atoms with Crippen molar-refractivity contribution < 1.29 is 19.8 Å². The van der Waals surface area contributed by atoms with Crippen LogP contribution in [-0.4, -0.2) is 82.8 Å². The number of aromatic hydroxyl groups is 1. The quantitative estimate of drug-likeness (QED) is 0.363. The highest BCUT2D eigenvalue weighted by atomic mass is 16.3. The first kappa shape index (κ1) is 27.2. The molecule has 0 aliphatic carbocycles. The highest BCUT2D eigenvalue weighted by Gasteiger charge is 2.26. The van der Waals surface area contributed by atoms with Crippen LogP contribution in [0.4, 0.5) is 11.6 Å². The van der Waals surface area contributed by atoms with Crippen LogP contribution in [-0.2, 0) is 17.8 Å². The molecule has 0 saturated carbocycles. The number of hydrogen-bond donors (Lipinski definition) is 5. The van der Waals surface area contributed by atoms with Crippen molar-refractivity contribution in [3.8, 4) is 5.75 Å². The van der Waals surface area contributed by atoms with E-state index in [0.717, 1.165) is 55.7 Å². The number of phenols is 1. The summed E-state index contributed by atoms with van der Waals surface area (Å²) in [5.41, 5.74) is 2.63. The van der Waals surface area contributed by atoms with Gasteiger partial charge in [-0.15, -0.1) is 0 Å². The van der Waals surface area contributed by atoms with Gasteiger partial charge >= 0.3 is 0 Å². The molecule has 2 fully saturated rings. The maximum atomic E-state index is 13.3. The van der Waals surface area contributed by atoms with E-state index < -0.39 is 6.10 Å². The number of fused-ring (bicyclic) bond motifs is 1. The smallest absolute Gasteiger partial charge is 0.251 e. The molecular formula is C29H40N6O4. The fraction of sp³-hybridized carbons (Fsp3) is 0.552. The average Bonchev–Trinajstić information content (AvgIpc) is 2.96. The lowest BCUT2D eigenvalue weighted by molar-refractivity contribution is -0.129. The van der Waals surface area contributed by atoms with Gasteiger partial charge in [0.1, 0.15) is 17.4 Å². The number of pyridine rings is 1. The minimum Gasteiger partial charge on any atom is -0.508 e. The van der Waals surface area contributed by atoms with Gasteiger partial charge in [0.25, 0.3) is 5.91 Å². The summed E-state index contributed by atoms with van der Waals surface area (Å²) in [4.78, 5) is 33.9. The molecule has 5 rings (SSSR count). The number of nitrogens with zero attached hydrogens (tertiary/aromatic N) is 3. The van der Waals surface area contributed by atoms with Gasteiger partial charge in [-0.2, -0.15) is 0 Å². The fourth-order valence-corrected chi connectivity index (χ4v) is 5.79. The molecule has 0 spiro atoms. The number of anilines is 2. The molecule has 3 aliphatic heterocycles. The molecule has 1 aromatic heterocycles. The van der Waals surface area contributed by atoms with Gasteiger partial charge in [-0.05, 0) is 73.9 Å². The second kappa shape index (κ2) is 12.2. The van der Waals surface area contributed by atoms with E-state index in [1.165, 1.54) is 6.42 Å². The van der Waals surface area contributed by atoms with E-state index in [1.54, 1.807) is 25.1 Å². The third-order valence-electron chi connectivity index (χ3n) is 8.17. The Kier molecular flexibility index (Phi) is 8.52. The van der Waals surface area contributed by atoms with Crippen LogP contribution >= 0.6 is 0 Å². The minimum atomic E-state index is -0.761. The molecule has 210 valence electrons. The van der Waals surface area contributed by atoms with E-state index in [4.69, 9.17) is 4.98 Å². The molecule has 4 heterocycles. The Labute approximate surface area is 229 Å². The summed E-state index contributed by atoms with van der Waals surface area (Å²) >= 11 is 0. The minimum absolute atomic E-state index is 0.103. The van der Waals surface area contributed by atoms with Crippen LogP contribution in [0.5, 0.6) is 5.75 Å². The normalized spacial score (nSPS) is 20.7. The van der Waals surface area contributed by atoms with E-state index >= 15 is 0 Å². The zero-order chi connectivity index (χ0) is 27.4. The van der Waals surface area contributed by atoms with Crippen LogP contribution in [0.2, 0.25) is 0 Å². The zero-order valence-corrected chi connectivity index (χ0v) is 22.7. The van der Waals surface area contributed by atoms with Gasteiger partial charge in [0.05, 0.1) is 6.10 Å². The largest absolute Gasteiger partial charge is 0.508 e. The first-order valence-corrected chi connectivity index (χ1v) is 14.2. The average molecular weight is 537 g/mol. The van der Waals surface area contributed by atoms with Crippen LogP contribution in [0, 0.1) is 0 Å². The molecule has 0 unspecified atom stereocenters. The first-order valence-electron chi connectivity index (χ1n) is 14.2. The Morgan fingerprint density at radius 1 is 1.08 bits per heavy atom. The molecule has 3 aliphatic rings. The van der Waals surface area contributed by atoms with Gasteiger partial charge in [-0.25, -0.2) is 4.98 Å². The maximum absolute atomic E-state index is 13.3. The Hall–Kier alpha value is -3.37. The Bertz CT molecular complexity index is 1180. The summed E-state index contributed by atoms with van der Waals surface area (Å²) in [6.45, 7) is 5.55. The van der Waals surface area contributed by atoms with E-state index in [0.29, 0.717) is 37.4 Å². The maximum Gasteiger partial charge on any atom is 0.251 e. The van der Waals surface area contributed by atoms with E-state index in [2.05, 4.69) is 20.9 Å². The molecule has 39 heavy (non-hydrogen) atoms. The number of amides is 2. The zero-order valence-electron chi connectivity index (χ0n) is 22.7. The third kappa shape index (κ3) is 6.80. The van der Waals surface area contributed by atoms with Crippen molar-refractivity contribution in [3.63, 3.8) is 0 Å². The molecule has 2 saturated heterocycles. The lowest BCUT2D eigenvalue weighted by Gasteiger charge is -2.32. The number of carbonyl (C=O) groups is 2. The Morgan fingerprint density at radius 2 is 1.85 bits per heavy atom. The molecule has 10 nitrogen and oxygen atoms in total. The van der Waals surface area contributed by atoms with Gasteiger partial charge in [-0.3, -0.25) is 9.59 Å². The predicted molar refractivity (Wildman–Crippen MR) is 150 cm³/mol. The molecule has 5 N–H and O–H groups in total. The highest BCUT2D eigenvalue weighted by Crippen LogP contribution is 2.25. The number of phenolic OH excluding ortho intramolecular Hbond substituents is 1. The topological polar surface area (TPSA) is 130 Å². The number of benzene rings is 1. The summed E-state index contributed by atoms with van der Waals surface area (Å²) in [7, 11) is 0. The fourth-order valence-electron chi connectivity index (χ4n) is 5.79. The van der Waals surface area contributed by atoms with Crippen LogP contribution in [0.1, 0.15) is 60.5 Å². The SMILES string of the molecule is CC(=O)N1CCC(Nc2cc(C(=O)NC[C@@H](O)[C@@H]3Cc4ccc(O)cc4CN3)cc(N3CCCCC3)n2)CC1. The highest BCUT2D eigenvalue weighted by molar-refractivity contribution is 5.95. The molecule has 10 heteroatoms. The summed E-state index contributed by atoms with van der Waals surface area (Å²) in [6, 6.07) is 8.92. The third-order valence-corrected chi connectivity index (χ3v) is 8.17. The summed E-state index contributed by atoms with van der Waals surface area (Å²) in [5.74, 6) is 1.55. The predicted octanol–water partition coefficient (Wildman–Crippen LogP) is 2.01. The van der Waals surface area contributed by atoms with Gasteiger partial charge in [0.2, 0.25) is 5.91 Å². The van der Waals surface area contributed by atoms with Crippen molar-refractivity contribution >= 4 is 23.5 Å². The molecule has 2 amide bonds. The van der Waals surface area contributed by atoms with Crippen molar-refractivity contribution in [1.29, 1.82) is 0 Å². The molecule has 1 aromatic carbocycles. The van der Waals surface area contributed by atoms with E-state index in [1.807, 2.05) is 17.0 Å². The first-order chi connectivity index (χ1) is 18.9. The number of piperidine rings is 2. The number of rotatable bonds is 7. The number of hydrogen-bond acceptors (Lipinski definition) is 8. The van der Waals surface area contributed by atoms with Crippen molar-refractivity contribution in [2.75, 3.05) is 42.9 Å². The number of aliphatic hydroxyl groups excluding tert-OH is 1. The molecule has 2 aromatic rings. The monoisotopic (exact) mass is 536 g/mol.